The predicted molar refractivity (Wildman–Crippen MR) is 160 cm³/mol. The Kier molecular flexibility index (Phi) is 8.19. The highest BCUT2D eigenvalue weighted by Gasteiger charge is 2.35. The first-order valence-electron chi connectivity index (χ1n) is 13.2. The fourth-order valence-corrected chi connectivity index (χ4v) is 6.04. The molecular formula is C29H33Cl3N6O2. The van der Waals surface area contributed by atoms with E-state index in [1.165, 1.54) is 11.3 Å². The highest BCUT2D eigenvalue weighted by Crippen LogP contribution is 2.33. The van der Waals surface area contributed by atoms with Crippen molar-refractivity contribution in [1.29, 1.82) is 0 Å². The van der Waals surface area contributed by atoms with E-state index in [2.05, 4.69) is 53.5 Å². The van der Waals surface area contributed by atoms with Gasteiger partial charge >= 0.3 is 0 Å². The van der Waals surface area contributed by atoms with Gasteiger partial charge in [-0.15, -0.1) is 5.10 Å². The second kappa shape index (κ2) is 11.3. The molecule has 1 aliphatic heterocycles. The van der Waals surface area contributed by atoms with Crippen molar-refractivity contribution in [3.05, 3.63) is 74.1 Å². The van der Waals surface area contributed by atoms with Crippen LogP contribution in [-0.2, 0) is 16.8 Å². The van der Waals surface area contributed by atoms with E-state index in [4.69, 9.17) is 39.5 Å². The molecule has 3 heterocycles. The number of methoxy groups -OCH3 is 1. The molecule has 4 aromatic rings. The lowest BCUT2D eigenvalue weighted by molar-refractivity contribution is 0.0378. The van der Waals surface area contributed by atoms with E-state index in [9.17, 15) is 4.79 Å². The second-order valence-corrected chi connectivity index (χ2v) is 11.9. The van der Waals surface area contributed by atoms with E-state index >= 15 is 0 Å². The molecule has 0 N–H and O–H groups in total. The minimum absolute atomic E-state index is 0.0567. The Bertz CT molecular complexity index is 1570. The van der Waals surface area contributed by atoms with Crippen LogP contribution >= 0.6 is 34.8 Å². The maximum absolute atomic E-state index is 13.5. The number of rotatable bonds is 7. The molecule has 0 unspecified atom stereocenters. The molecule has 2 aromatic heterocycles. The average Bonchev–Trinajstić information content (AvgIpc) is 3.53. The molecule has 5 rings (SSSR count). The zero-order valence-electron chi connectivity index (χ0n) is 23.3. The van der Waals surface area contributed by atoms with E-state index in [1.807, 2.05) is 23.2 Å². The van der Waals surface area contributed by atoms with Crippen molar-refractivity contribution in [3.63, 3.8) is 0 Å². The van der Waals surface area contributed by atoms with Crippen molar-refractivity contribution >= 4 is 51.6 Å². The van der Waals surface area contributed by atoms with Crippen molar-refractivity contribution in [2.75, 3.05) is 39.9 Å². The monoisotopic (exact) mass is 602 g/mol. The van der Waals surface area contributed by atoms with E-state index < -0.39 is 5.54 Å². The molecule has 0 bridgehead atoms. The molecule has 1 fully saturated rings. The number of carbonyl (C=O) groups is 1. The summed E-state index contributed by atoms with van der Waals surface area (Å²) in [7, 11) is 1.71. The van der Waals surface area contributed by atoms with Crippen molar-refractivity contribution in [3.8, 4) is 5.69 Å². The number of fused-ring (bicyclic) bond motifs is 1. The summed E-state index contributed by atoms with van der Waals surface area (Å²) in [5.41, 5.74) is 5.24. The summed E-state index contributed by atoms with van der Waals surface area (Å²) < 4.78 is 9.16. The summed E-state index contributed by atoms with van der Waals surface area (Å²) in [6.45, 7) is 12.6. The topological polar surface area (TPSA) is 68.4 Å². The number of hydrogen-bond acceptors (Lipinski definition) is 5. The molecule has 0 saturated carbocycles. The van der Waals surface area contributed by atoms with E-state index in [-0.39, 0.29) is 5.91 Å². The number of ether oxygens (including phenoxy) is 1. The second-order valence-electron chi connectivity index (χ2n) is 10.7. The first kappa shape index (κ1) is 28.9. The SMILES string of the molecule is COCCn1c(C)c(C)c2cc(C(=O)N3CCN(C(C)(C)c4cn(-c5cc(Cl)c(Cl)cc5Cl)nn4)CC3)ccc21. The third-order valence-corrected chi connectivity index (χ3v) is 9.14. The van der Waals surface area contributed by atoms with Crippen LogP contribution in [0.4, 0.5) is 0 Å². The minimum Gasteiger partial charge on any atom is -0.383 e. The molecule has 0 aliphatic carbocycles. The molecule has 1 aliphatic rings. The molecule has 1 saturated heterocycles. The fraction of sp³-hybridized carbons (Fsp3) is 0.414. The van der Waals surface area contributed by atoms with Gasteiger partial charge in [0.1, 0.15) is 5.69 Å². The first-order chi connectivity index (χ1) is 19.0. The van der Waals surface area contributed by atoms with Crippen molar-refractivity contribution in [1.82, 2.24) is 29.4 Å². The number of nitrogens with zero attached hydrogens (tertiary/aromatic N) is 6. The summed E-state index contributed by atoms with van der Waals surface area (Å²) in [6, 6.07) is 9.31. The summed E-state index contributed by atoms with van der Waals surface area (Å²) in [4.78, 5) is 17.8. The molecule has 1 amide bonds. The third-order valence-electron chi connectivity index (χ3n) is 8.12. The van der Waals surface area contributed by atoms with Crippen LogP contribution in [-0.4, -0.2) is 75.2 Å². The Labute approximate surface area is 249 Å². The maximum atomic E-state index is 13.5. The largest absolute Gasteiger partial charge is 0.383 e. The van der Waals surface area contributed by atoms with Crippen LogP contribution in [0.5, 0.6) is 0 Å². The number of carbonyl (C=O) groups excluding carboxylic acids is 1. The minimum atomic E-state index is -0.408. The average molecular weight is 604 g/mol. The molecule has 0 atom stereocenters. The van der Waals surface area contributed by atoms with Crippen LogP contribution in [0.3, 0.4) is 0 Å². The van der Waals surface area contributed by atoms with Gasteiger partial charge in [-0.3, -0.25) is 9.69 Å². The van der Waals surface area contributed by atoms with E-state index in [0.29, 0.717) is 59.1 Å². The van der Waals surface area contributed by atoms with Gasteiger partial charge in [-0.1, -0.05) is 40.0 Å². The van der Waals surface area contributed by atoms with Gasteiger partial charge in [0.15, 0.2) is 0 Å². The van der Waals surface area contributed by atoms with Crippen LogP contribution in [0.15, 0.2) is 36.5 Å². The van der Waals surface area contributed by atoms with Gasteiger partial charge in [-0.2, -0.15) is 0 Å². The fourth-order valence-electron chi connectivity index (χ4n) is 5.42. The van der Waals surface area contributed by atoms with Gasteiger partial charge in [0.2, 0.25) is 0 Å². The van der Waals surface area contributed by atoms with Gasteiger partial charge < -0.3 is 14.2 Å². The van der Waals surface area contributed by atoms with Crippen molar-refractivity contribution in [2.45, 2.75) is 39.8 Å². The van der Waals surface area contributed by atoms with Crippen molar-refractivity contribution < 1.29 is 9.53 Å². The molecule has 8 nitrogen and oxygen atoms in total. The first-order valence-corrected chi connectivity index (χ1v) is 14.4. The van der Waals surface area contributed by atoms with Crippen LogP contribution in [0.1, 0.15) is 41.2 Å². The number of halogens is 3. The Balaban J connectivity index is 1.29. The van der Waals surface area contributed by atoms with Gasteiger partial charge in [0.05, 0.1) is 39.1 Å². The number of aryl methyl sites for hydroxylation is 1. The summed E-state index contributed by atoms with van der Waals surface area (Å²) in [6.07, 6.45) is 1.86. The van der Waals surface area contributed by atoms with Gasteiger partial charge in [0, 0.05) is 62.0 Å². The molecule has 2 aromatic carbocycles. The number of hydrogen-bond donors (Lipinski definition) is 0. The molecule has 0 radical (unpaired) electrons. The molecule has 212 valence electrons. The van der Waals surface area contributed by atoms with E-state index in [0.717, 1.165) is 23.1 Å². The van der Waals surface area contributed by atoms with Gasteiger partial charge in [-0.05, 0) is 63.6 Å². The lowest BCUT2D eigenvalue weighted by Gasteiger charge is -2.43. The molecule has 40 heavy (non-hydrogen) atoms. The quantitative estimate of drug-likeness (QED) is 0.238. The smallest absolute Gasteiger partial charge is 0.253 e. The van der Waals surface area contributed by atoms with Crippen LogP contribution < -0.4 is 0 Å². The Morgan fingerprint density at radius 3 is 2.40 bits per heavy atom. The van der Waals surface area contributed by atoms with E-state index in [1.54, 1.807) is 23.9 Å². The standard InChI is InChI=1S/C29H33Cl3N6O2/c1-18-19(2)37(12-13-40-5)25-7-6-20(14-21(18)25)28(39)35-8-10-36(11-9-35)29(3,4)27-17-38(34-33-27)26-16-23(31)22(30)15-24(26)32/h6-7,14-17H,8-13H2,1-5H3. The Morgan fingerprint density at radius 2 is 1.70 bits per heavy atom. The number of aromatic nitrogens is 4. The normalized spacial score (nSPS) is 14.8. The Hall–Kier alpha value is -2.62. The molecular weight excluding hydrogens is 571 g/mol. The summed E-state index contributed by atoms with van der Waals surface area (Å²) in [5.74, 6) is 0.0567. The lowest BCUT2D eigenvalue weighted by atomic mass is 9.97. The van der Waals surface area contributed by atoms with Crippen LogP contribution in [0.25, 0.3) is 16.6 Å². The summed E-state index contributed by atoms with van der Waals surface area (Å²) >= 11 is 18.7. The third kappa shape index (κ3) is 5.23. The maximum Gasteiger partial charge on any atom is 0.253 e. The summed E-state index contributed by atoms with van der Waals surface area (Å²) in [5, 5.41) is 11.1. The van der Waals surface area contributed by atoms with Crippen LogP contribution in [0.2, 0.25) is 15.1 Å². The number of amides is 1. The highest BCUT2D eigenvalue weighted by atomic mass is 35.5. The Morgan fingerprint density at radius 1 is 1.00 bits per heavy atom. The number of piperazine rings is 1. The zero-order valence-corrected chi connectivity index (χ0v) is 25.6. The van der Waals surface area contributed by atoms with Crippen LogP contribution in [0, 0.1) is 13.8 Å². The molecule has 0 spiro atoms. The zero-order chi connectivity index (χ0) is 28.8. The van der Waals surface area contributed by atoms with Crippen molar-refractivity contribution in [2.24, 2.45) is 0 Å². The predicted octanol–water partition coefficient (Wildman–Crippen LogP) is 6.14. The van der Waals surface area contributed by atoms with Gasteiger partial charge in [-0.25, -0.2) is 4.68 Å². The lowest BCUT2D eigenvalue weighted by Crippen LogP contribution is -2.54. The number of benzene rings is 2. The highest BCUT2D eigenvalue weighted by molar-refractivity contribution is 6.43. The van der Waals surface area contributed by atoms with Gasteiger partial charge in [0.25, 0.3) is 5.91 Å². The molecule has 11 heteroatoms.